The number of alkyl halides is 3. The van der Waals surface area contributed by atoms with Crippen molar-refractivity contribution in [3.63, 3.8) is 0 Å². The van der Waals surface area contributed by atoms with Crippen LogP contribution in [-0.4, -0.2) is 13.0 Å². The van der Waals surface area contributed by atoms with Gasteiger partial charge >= 0.3 is 6.36 Å². The number of nitrogens with zero attached hydrogens (tertiary/aromatic N) is 2. The second-order valence-corrected chi connectivity index (χ2v) is 4.17. The first-order valence-electron chi connectivity index (χ1n) is 6.47. The van der Waals surface area contributed by atoms with Gasteiger partial charge in [-0.2, -0.15) is 10.2 Å². The fourth-order valence-corrected chi connectivity index (χ4v) is 1.61. The maximum absolute atomic E-state index is 12.0. The van der Waals surface area contributed by atoms with Crippen LogP contribution < -0.4 is 9.47 Å². The molecule has 0 saturated carbocycles. The molecule has 7 heteroatoms. The Morgan fingerprint density at radius 3 is 1.68 bits per heavy atom. The highest BCUT2D eigenvalue weighted by Crippen LogP contribution is 2.26. The molecule has 0 radical (unpaired) electrons. The van der Waals surface area contributed by atoms with Crippen molar-refractivity contribution in [3.05, 3.63) is 48.5 Å². The molecule has 2 rings (SSSR count). The largest absolute Gasteiger partial charge is 0.573 e. The summed E-state index contributed by atoms with van der Waals surface area (Å²) in [6, 6.07) is 12.1. The van der Waals surface area contributed by atoms with Gasteiger partial charge in [0.2, 0.25) is 0 Å². The molecule has 0 unspecified atom stereocenters. The van der Waals surface area contributed by atoms with E-state index in [1.54, 1.807) is 24.3 Å². The van der Waals surface area contributed by atoms with E-state index in [-0.39, 0.29) is 5.75 Å². The lowest BCUT2D eigenvalue weighted by Crippen LogP contribution is -2.16. The first-order valence-corrected chi connectivity index (χ1v) is 6.47. The van der Waals surface area contributed by atoms with Crippen LogP contribution in [-0.2, 0) is 0 Å². The van der Waals surface area contributed by atoms with Gasteiger partial charge in [-0.3, -0.25) is 0 Å². The third-order valence-corrected chi connectivity index (χ3v) is 2.50. The quantitative estimate of drug-likeness (QED) is 0.694. The topological polar surface area (TPSA) is 43.2 Å². The molecule has 116 valence electrons. The molecule has 0 aliphatic heterocycles. The molecule has 4 nitrogen and oxygen atoms in total. The van der Waals surface area contributed by atoms with Crippen LogP contribution in [0.5, 0.6) is 11.5 Å². The summed E-state index contributed by atoms with van der Waals surface area (Å²) in [5, 5.41) is 7.93. The molecule has 0 bridgehead atoms. The molecule has 0 N–H and O–H groups in total. The van der Waals surface area contributed by atoms with Gasteiger partial charge in [0.25, 0.3) is 0 Å². The molecule has 0 fully saturated rings. The van der Waals surface area contributed by atoms with Gasteiger partial charge in [0.1, 0.15) is 11.5 Å². The Morgan fingerprint density at radius 2 is 1.27 bits per heavy atom. The Labute approximate surface area is 125 Å². The van der Waals surface area contributed by atoms with Crippen molar-refractivity contribution in [1.82, 2.24) is 0 Å². The zero-order chi connectivity index (χ0) is 16.0. The van der Waals surface area contributed by atoms with E-state index in [1.165, 1.54) is 24.3 Å². The fraction of sp³-hybridized carbons (Fsp3) is 0.200. The van der Waals surface area contributed by atoms with E-state index in [0.29, 0.717) is 18.0 Å². The molecule has 0 saturated heterocycles. The smallest absolute Gasteiger partial charge is 0.494 e. The normalized spacial score (nSPS) is 11.6. The molecule has 0 atom stereocenters. The van der Waals surface area contributed by atoms with Crippen molar-refractivity contribution in [3.8, 4) is 11.5 Å². The van der Waals surface area contributed by atoms with Crippen molar-refractivity contribution in [1.29, 1.82) is 0 Å². The van der Waals surface area contributed by atoms with Gasteiger partial charge in [0.05, 0.1) is 18.0 Å². The van der Waals surface area contributed by atoms with Gasteiger partial charge in [-0.1, -0.05) is 0 Å². The zero-order valence-corrected chi connectivity index (χ0v) is 11.7. The van der Waals surface area contributed by atoms with E-state index in [2.05, 4.69) is 15.0 Å². The highest BCUT2D eigenvalue weighted by molar-refractivity contribution is 5.44. The average molecular weight is 310 g/mol. The molecule has 0 aliphatic carbocycles. The summed E-state index contributed by atoms with van der Waals surface area (Å²) in [7, 11) is 0. The second-order valence-electron chi connectivity index (χ2n) is 4.17. The van der Waals surface area contributed by atoms with Crippen molar-refractivity contribution in [2.24, 2.45) is 10.2 Å². The summed E-state index contributed by atoms with van der Waals surface area (Å²) in [4.78, 5) is 0. The lowest BCUT2D eigenvalue weighted by molar-refractivity contribution is -0.274. The van der Waals surface area contributed by atoms with Crippen LogP contribution in [0, 0.1) is 0 Å². The monoisotopic (exact) mass is 310 g/mol. The number of hydrogen-bond acceptors (Lipinski definition) is 4. The molecule has 0 aliphatic rings. The highest BCUT2D eigenvalue weighted by atomic mass is 19.4. The number of benzene rings is 2. The third kappa shape index (κ3) is 5.08. The Hall–Kier alpha value is -2.57. The Balaban J connectivity index is 2.00. The predicted molar refractivity (Wildman–Crippen MR) is 74.9 cm³/mol. The summed E-state index contributed by atoms with van der Waals surface area (Å²) in [6.07, 6.45) is -4.70. The van der Waals surface area contributed by atoms with Crippen LogP contribution in [0.2, 0.25) is 0 Å². The summed E-state index contributed by atoms with van der Waals surface area (Å²) in [5.41, 5.74) is 1.03. The van der Waals surface area contributed by atoms with Gasteiger partial charge in [0, 0.05) is 0 Å². The van der Waals surface area contributed by atoms with Crippen molar-refractivity contribution < 1.29 is 22.6 Å². The number of azo groups is 1. The molecular formula is C15H13F3N2O2. The van der Waals surface area contributed by atoms with Crippen LogP contribution in [0.1, 0.15) is 6.92 Å². The Kier molecular flexibility index (Phi) is 4.98. The summed E-state index contributed by atoms with van der Waals surface area (Å²) in [5.74, 6) is 0.433. The summed E-state index contributed by atoms with van der Waals surface area (Å²) < 4.78 is 45.1. The van der Waals surface area contributed by atoms with E-state index in [9.17, 15) is 13.2 Å². The van der Waals surface area contributed by atoms with Gasteiger partial charge in [0.15, 0.2) is 0 Å². The van der Waals surface area contributed by atoms with Crippen molar-refractivity contribution in [2.45, 2.75) is 13.3 Å². The molecule has 2 aromatic carbocycles. The number of halogens is 3. The predicted octanol–water partition coefficient (Wildman–Crippen LogP) is 5.40. The van der Waals surface area contributed by atoms with Gasteiger partial charge in [-0.25, -0.2) is 0 Å². The maximum atomic E-state index is 12.0. The number of rotatable bonds is 5. The standard InChI is InChI=1S/C15H13F3N2O2/c1-2-21-13-7-3-11(4-8-13)19-20-12-5-9-14(10-6-12)22-15(16,17)18/h3-10H,2H2,1H3. The average Bonchev–Trinajstić information content (AvgIpc) is 2.47. The minimum atomic E-state index is -4.70. The third-order valence-electron chi connectivity index (χ3n) is 2.50. The van der Waals surface area contributed by atoms with Crippen molar-refractivity contribution >= 4 is 11.4 Å². The van der Waals surface area contributed by atoms with Crippen LogP contribution in [0.3, 0.4) is 0 Å². The van der Waals surface area contributed by atoms with E-state index >= 15 is 0 Å². The SMILES string of the molecule is CCOc1ccc(N=Nc2ccc(OC(F)(F)F)cc2)cc1. The van der Waals surface area contributed by atoms with E-state index in [0.717, 1.165) is 5.75 Å². The Morgan fingerprint density at radius 1 is 0.818 bits per heavy atom. The number of ether oxygens (including phenoxy) is 2. The van der Waals surface area contributed by atoms with E-state index in [1.807, 2.05) is 6.92 Å². The molecule has 0 amide bonds. The van der Waals surface area contributed by atoms with Gasteiger partial charge in [-0.15, -0.1) is 13.2 Å². The molecule has 0 heterocycles. The lowest BCUT2D eigenvalue weighted by atomic mass is 10.3. The Bertz CT molecular complexity index is 623. The first-order chi connectivity index (χ1) is 10.5. The van der Waals surface area contributed by atoms with Crippen LogP contribution in [0.15, 0.2) is 58.8 Å². The first kappa shape index (κ1) is 15.8. The van der Waals surface area contributed by atoms with E-state index in [4.69, 9.17) is 4.74 Å². The van der Waals surface area contributed by atoms with Crippen LogP contribution >= 0.6 is 0 Å². The van der Waals surface area contributed by atoms with Gasteiger partial charge in [-0.05, 0) is 55.5 Å². The molecule has 0 aromatic heterocycles. The summed E-state index contributed by atoms with van der Waals surface area (Å²) in [6.45, 7) is 2.47. The molecular weight excluding hydrogens is 297 g/mol. The highest BCUT2D eigenvalue weighted by Gasteiger charge is 2.30. The molecule has 2 aromatic rings. The summed E-state index contributed by atoms with van der Waals surface area (Å²) >= 11 is 0. The van der Waals surface area contributed by atoms with Crippen molar-refractivity contribution in [2.75, 3.05) is 6.61 Å². The van der Waals surface area contributed by atoms with Gasteiger partial charge < -0.3 is 9.47 Å². The van der Waals surface area contributed by atoms with Crippen LogP contribution in [0.4, 0.5) is 24.5 Å². The maximum Gasteiger partial charge on any atom is 0.573 e. The van der Waals surface area contributed by atoms with Crippen LogP contribution in [0.25, 0.3) is 0 Å². The molecule has 22 heavy (non-hydrogen) atoms. The number of hydrogen-bond donors (Lipinski definition) is 0. The molecule has 0 spiro atoms. The second kappa shape index (κ2) is 6.93. The minimum Gasteiger partial charge on any atom is -0.494 e. The zero-order valence-electron chi connectivity index (χ0n) is 11.7. The fourth-order valence-electron chi connectivity index (χ4n) is 1.61. The minimum absolute atomic E-state index is 0.299. The van der Waals surface area contributed by atoms with E-state index < -0.39 is 6.36 Å². The lowest BCUT2D eigenvalue weighted by Gasteiger charge is -2.08.